The summed E-state index contributed by atoms with van der Waals surface area (Å²) < 4.78 is 36.8. The summed E-state index contributed by atoms with van der Waals surface area (Å²) in [6.07, 6.45) is 5.71. The van der Waals surface area contributed by atoms with Crippen LogP contribution in [-0.2, 0) is 13.0 Å². The van der Waals surface area contributed by atoms with E-state index in [1.807, 2.05) is 0 Å². The van der Waals surface area contributed by atoms with Gasteiger partial charge in [-0.1, -0.05) is 0 Å². The molecule has 6 rings (SSSR count). The van der Waals surface area contributed by atoms with E-state index >= 15 is 4.39 Å². The molecule has 1 unspecified atom stereocenters. The zero-order valence-corrected chi connectivity index (χ0v) is 26.6. The number of likely N-dealkylation sites (tertiary alicyclic amines) is 1. The molecule has 2 aliphatic heterocycles. The molecule has 13 heteroatoms. The number of nitrogens with zero attached hydrogens (tertiary/aromatic N) is 6. The average molecular weight is 646 g/mol. The number of anilines is 1. The molecule has 0 spiro atoms. The van der Waals surface area contributed by atoms with Gasteiger partial charge in [-0.3, -0.25) is 19.1 Å². The minimum absolute atomic E-state index is 0.0728. The number of carbonyl (C=O) groups is 1. The zero-order chi connectivity index (χ0) is 33.2. The topological polar surface area (TPSA) is 115 Å². The highest BCUT2D eigenvalue weighted by molar-refractivity contribution is 6.03. The van der Waals surface area contributed by atoms with Crippen LogP contribution in [0.25, 0.3) is 5.69 Å². The van der Waals surface area contributed by atoms with Crippen molar-refractivity contribution >= 4 is 11.6 Å². The van der Waals surface area contributed by atoms with E-state index in [1.54, 1.807) is 13.8 Å². The van der Waals surface area contributed by atoms with E-state index in [0.29, 0.717) is 24.8 Å². The van der Waals surface area contributed by atoms with Gasteiger partial charge in [-0.2, -0.15) is 0 Å². The number of benzene rings is 2. The van der Waals surface area contributed by atoms with Crippen molar-refractivity contribution in [1.29, 1.82) is 0 Å². The SMILES string of the molecule is CC(C)n1cc(C(=O)Nc2ccc(Oc3ncnc4c3CCN(CC3CCCN(C)C3)C4)c(F)c2)c(=O)n(-c2ccc(F)cc2)c1=O. The summed E-state index contributed by atoms with van der Waals surface area (Å²) in [6.45, 7) is 8.19. The van der Waals surface area contributed by atoms with Gasteiger partial charge in [-0.25, -0.2) is 28.1 Å². The summed E-state index contributed by atoms with van der Waals surface area (Å²) in [4.78, 5) is 53.3. The molecule has 1 saturated heterocycles. The van der Waals surface area contributed by atoms with Gasteiger partial charge in [0.05, 0.1) is 11.4 Å². The average Bonchev–Trinajstić information content (AvgIpc) is 3.03. The van der Waals surface area contributed by atoms with E-state index < -0.39 is 34.8 Å². The number of piperidine rings is 1. The van der Waals surface area contributed by atoms with E-state index in [0.717, 1.165) is 60.2 Å². The van der Waals surface area contributed by atoms with Gasteiger partial charge in [0.25, 0.3) is 11.5 Å². The number of nitrogens with one attached hydrogen (secondary N) is 1. The maximum Gasteiger partial charge on any atom is 0.335 e. The first-order valence-corrected chi connectivity index (χ1v) is 15.7. The van der Waals surface area contributed by atoms with Gasteiger partial charge in [0, 0.05) is 55.7 Å². The minimum atomic E-state index is -0.894. The smallest absolute Gasteiger partial charge is 0.335 e. The van der Waals surface area contributed by atoms with Crippen LogP contribution in [0.2, 0.25) is 0 Å². The first-order chi connectivity index (χ1) is 22.6. The van der Waals surface area contributed by atoms with Crippen LogP contribution >= 0.6 is 0 Å². The molecule has 0 aliphatic carbocycles. The Bertz CT molecular complexity index is 1910. The molecule has 1 amide bonds. The van der Waals surface area contributed by atoms with Crippen molar-refractivity contribution in [3.05, 3.63) is 104 Å². The summed E-state index contributed by atoms with van der Waals surface area (Å²) in [5.41, 5.74) is -0.0338. The number of rotatable bonds is 8. The zero-order valence-electron chi connectivity index (χ0n) is 26.6. The summed E-state index contributed by atoms with van der Waals surface area (Å²) in [5.74, 6) is -1.30. The molecule has 0 saturated carbocycles. The molecule has 1 N–H and O–H groups in total. The van der Waals surface area contributed by atoms with Crippen molar-refractivity contribution in [3.63, 3.8) is 0 Å². The lowest BCUT2D eigenvalue weighted by Crippen LogP contribution is -2.42. The van der Waals surface area contributed by atoms with Crippen LogP contribution in [0.3, 0.4) is 0 Å². The Morgan fingerprint density at radius 1 is 1.09 bits per heavy atom. The maximum atomic E-state index is 15.3. The number of carbonyl (C=O) groups excluding carboxylic acids is 1. The predicted octanol–water partition coefficient (Wildman–Crippen LogP) is 4.39. The van der Waals surface area contributed by atoms with Crippen molar-refractivity contribution in [2.45, 2.75) is 45.7 Å². The first-order valence-electron chi connectivity index (χ1n) is 15.7. The number of amides is 1. The lowest BCUT2D eigenvalue weighted by Gasteiger charge is -2.35. The Kier molecular flexibility index (Phi) is 9.28. The van der Waals surface area contributed by atoms with Gasteiger partial charge >= 0.3 is 5.69 Å². The van der Waals surface area contributed by atoms with E-state index in [2.05, 4.69) is 32.1 Å². The Morgan fingerprint density at radius 3 is 2.60 bits per heavy atom. The van der Waals surface area contributed by atoms with Crippen molar-refractivity contribution in [2.75, 3.05) is 38.5 Å². The quantitative estimate of drug-likeness (QED) is 0.300. The first kappa shape index (κ1) is 32.2. The van der Waals surface area contributed by atoms with Gasteiger partial charge in [0.1, 0.15) is 17.7 Å². The normalized spacial score (nSPS) is 17.0. The minimum Gasteiger partial charge on any atom is -0.436 e. The highest BCUT2D eigenvalue weighted by atomic mass is 19.1. The molecule has 4 heterocycles. The van der Waals surface area contributed by atoms with Gasteiger partial charge in [-0.05, 0) is 89.0 Å². The molecule has 2 aromatic carbocycles. The van der Waals surface area contributed by atoms with Gasteiger partial charge in [-0.15, -0.1) is 0 Å². The standard InChI is InChI=1S/C34H37F2N7O4/c1-21(2)42-18-27(33(45)43(34(42)46)25-9-6-23(35)7-10-25)31(44)39-24-8-11-30(28(36)15-24)47-32-26-12-14-41(19-29(26)37-20-38-32)17-22-5-4-13-40(3)16-22/h6-11,15,18,20-22H,4-5,12-14,16-17,19H2,1-3H3,(H,39,44). The van der Waals surface area contributed by atoms with E-state index in [-0.39, 0.29) is 22.7 Å². The lowest BCUT2D eigenvalue weighted by molar-refractivity contribution is 0.102. The van der Waals surface area contributed by atoms with Crippen molar-refractivity contribution < 1.29 is 18.3 Å². The van der Waals surface area contributed by atoms with Crippen molar-refractivity contribution in [3.8, 4) is 17.3 Å². The molecular formula is C34H37F2N7O4. The van der Waals surface area contributed by atoms with E-state index in [4.69, 9.17) is 4.74 Å². The summed E-state index contributed by atoms with van der Waals surface area (Å²) >= 11 is 0. The second-order valence-corrected chi connectivity index (χ2v) is 12.5. The highest BCUT2D eigenvalue weighted by Crippen LogP contribution is 2.31. The molecule has 2 aliphatic rings. The van der Waals surface area contributed by atoms with Crippen LogP contribution in [-0.4, -0.2) is 68.0 Å². The van der Waals surface area contributed by atoms with Crippen LogP contribution in [0.15, 0.2) is 64.6 Å². The molecule has 1 atom stereocenters. The van der Waals surface area contributed by atoms with Gasteiger partial charge in [0.15, 0.2) is 11.6 Å². The molecular weight excluding hydrogens is 608 g/mol. The number of fused-ring (bicyclic) bond motifs is 1. The molecule has 0 bridgehead atoms. The molecule has 47 heavy (non-hydrogen) atoms. The largest absolute Gasteiger partial charge is 0.436 e. The summed E-state index contributed by atoms with van der Waals surface area (Å²) in [5, 5.41) is 2.54. The fraction of sp³-hybridized carbons (Fsp3) is 0.382. The third-order valence-corrected chi connectivity index (χ3v) is 8.68. The molecule has 1 fully saturated rings. The molecule has 0 radical (unpaired) electrons. The highest BCUT2D eigenvalue weighted by Gasteiger charge is 2.26. The second-order valence-electron chi connectivity index (χ2n) is 12.5. The Hall–Kier alpha value is -4.75. The Labute approximate surface area is 270 Å². The second kappa shape index (κ2) is 13.5. The Morgan fingerprint density at radius 2 is 1.87 bits per heavy atom. The number of ether oxygens (including phenoxy) is 1. The maximum absolute atomic E-state index is 15.3. The van der Waals surface area contributed by atoms with E-state index in [9.17, 15) is 18.8 Å². The lowest BCUT2D eigenvalue weighted by atomic mass is 9.96. The number of hydrogen-bond acceptors (Lipinski definition) is 8. The fourth-order valence-corrected chi connectivity index (χ4v) is 6.29. The number of aromatic nitrogens is 4. The van der Waals surface area contributed by atoms with Gasteiger partial charge < -0.3 is 15.0 Å². The number of halogens is 2. The van der Waals surface area contributed by atoms with Crippen LogP contribution in [0.1, 0.15) is 54.3 Å². The summed E-state index contributed by atoms with van der Waals surface area (Å²) in [6, 6.07) is 8.29. The Balaban J connectivity index is 1.18. The van der Waals surface area contributed by atoms with Gasteiger partial charge in [0.2, 0.25) is 5.88 Å². The third-order valence-electron chi connectivity index (χ3n) is 8.68. The van der Waals surface area contributed by atoms with Crippen LogP contribution in [0, 0.1) is 17.6 Å². The van der Waals surface area contributed by atoms with E-state index in [1.165, 1.54) is 54.2 Å². The molecule has 4 aromatic rings. The third kappa shape index (κ3) is 7.00. The fourth-order valence-electron chi connectivity index (χ4n) is 6.29. The predicted molar refractivity (Wildman–Crippen MR) is 172 cm³/mol. The van der Waals surface area contributed by atoms with Crippen molar-refractivity contribution in [1.82, 2.24) is 28.9 Å². The molecule has 2 aromatic heterocycles. The molecule has 11 nitrogen and oxygen atoms in total. The van der Waals surface area contributed by atoms with Crippen molar-refractivity contribution in [2.24, 2.45) is 5.92 Å². The molecule has 246 valence electrons. The summed E-state index contributed by atoms with van der Waals surface area (Å²) in [7, 11) is 2.16. The van der Waals surface area contributed by atoms with Crippen LogP contribution in [0.4, 0.5) is 14.5 Å². The number of hydrogen-bond donors (Lipinski definition) is 1. The van der Waals surface area contributed by atoms with Crippen LogP contribution < -0.4 is 21.3 Å². The van der Waals surface area contributed by atoms with Crippen LogP contribution in [0.5, 0.6) is 11.6 Å². The monoisotopic (exact) mass is 645 g/mol.